The van der Waals surface area contributed by atoms with E-state index in [2.05, 4.69) is 20.4 Å². The van der Waals surface area contributed by atoms with E-state index in [9.17, 15) is 18.0 Å². The fourth-order valence-corrected chi connectivity index (χ4v) is 4.63. The van der Waals surface area contributed by atoms with Gasteiger partial charge < -0.3 is 5.32 Å². The maximum absolute atomic E-state index is 13.3. The van der Waals surface area contributed by atoms with E-state index in [1.165, 1.54) is 18.2 Å². The third-order valence-corrected chi connectivity index (χ3v) is 6.46. The van der Waals surface area contributed by atoms with Crippen LogP contribution in [-0.2, 0) is 17.5 Å². The second-order valence-corrected chi connectivity index (χ2v) is 9.15. The van der Waals surface area contributed by atoms with Crippen LogP contribution in [-0.4, -0.2) is 43.9 Å². The predicted molar refractivity (Wildman–Crippen MR) is 121 cm³/mol. The van der Waals surface area contributed by atoms with Crippen molar-refractivity contribution in [3.63, 3.8) is 0 Å². The van der Waals surface area contributed by atoms with Crippen molar-refractivity contribution in [3.05, 3.63) is 66.0 Å². The van der Waals surface area contributed by atoms with Crippen LogP contribution in [0.5, 0.6) is 0 Å². The SMILES string of the molecule is CC(Sc1nnc(CN2CCCC2)n1-c1ccccc1)C(=O)Nc1ccccc1C(F)(F)F. The maximum Gasteiger partial charge on any atom is 0.418 e. The summed E-state index contributed by atoms with van der Waals surface area (Å²) in [6.07, 6.45) is -2.26. The molecule has 1 atom stereocenters. The summed E-state index contributed by atoms with van der Waals surface area (Å²) in [5.74, 6) is 0.223. The number of rotatable bonds is 7. The van der Waals surface area contributed by atoms with Gasteiger partial charge in [0.2, 0.25) is 5.91 Å². The van der Waals surface area contributed by atoms with Gasteiger partial charge in [-0.3, -0.25) is 14.3 Å². The van der Waals surface area contributed by atoms with Gasteiger partial charge in [0.1, 0.15) is 0 Å². The highest BCUT2D eigenvalue weighted by atomic mass is 32.2. The molecule has 1 fully saturated rings. The average Bonchev–Trinajstić information content (AvgIpc) is 3.44. The van der Waals surface area contributed by atoms with Crippen molar-refractivity contribution in [2.75, 3.05) is 18.4 Å². The Morgan fingerprint density at radius 3 is 2.42 bits per heavy atom. The van der Waals surface area contributed by atoms with Gasteiger partial charge in [-0.1, -0.05) is 42.1 Å². The number of nitrogens with zero attached hydrogens (tertiary/aromatic N) is 4. The summed E-state index contributed by atoms with van der Waals surface area (Å²) >= 11 is 1.16. The Bertz CT molecular complexity index is 1100. The van der Waals surface area contributed by atoms with Gasteiger partial charge in [0.25, 0.3) is 0 Å². The highest BCUT2D eigenvalue weighted by Gasteiger charge is 2.34. The van der Waals surface area contributed by atoms with Crippen LogP contribution in [0.2, 0.25) is 0 Å². The molecule has 2 aromatic carbocycles. The summed E-state index contributed by atoms with van der Waals surface area (Å²) in [5.41, 5.74) is -0.271. The summed E-state index contributed by atoms with van der Waals surface area (Å²) in [4.78, 5) is 15.1. The molecule has 0 bridgehead atoms. The van der Waals surface area contributed by atoms with Crippen LogP contribution in [0, 0.1) is 0 Å². The summed E-state index contributed by atoms with van der Waals surface area (Å²) in [7, 11) is 0. The second kappa shape index (κ2) is 9.96. The maximum atomic E-state index is 13.3. The number of anilines is 1. The zero-order chi connectivity index (χ0) is 23.4. The fraction of sp³-hybridized carbons (Fsp3) is 0.348. The van der Waals surface area contributed by atoms with Crippen molar-refractivity contribution in [3.8, 4) is 5.69 Å². The Kier molecular flexibility index (Phi) is 7.04. The molecule has 33 heavy (non-hydrogen) atoms. The largest absolute Gasteiger partial charge is 0.418 e. The van der Waals surface area contributed by atoms with Crippen LogP contribution in [0.1, 0.15) is 31.2 Å². The number of likely N-dealkylation sites (tertiary alicyclic amines) is 1. The molecule has 1 aromatic heterocycles. The molecule has 0 saturated carbocycles. The number of carbonyl (C=O) groups is 1. The normalized spacial score (nSPS) is 15.5. The standard InChI is InChI=1S/C23H24F3N5OS/c1-16(21(32)27-19-12-6-5-11-18(19)23(24,25)26)33-22-29-28-20(15-30-13-7-8-14-30)31(22)17-9-3-2-4-10-17/h2-6,9-12,16H,7-8,13-15H2,1H3,(H,27,32). The first-order valence-electron chi connectivity index (χ1n) is 10.7. The molecule has 4 rings (SSSR count). The van der Waals surface area contributed by atoms with E-state index < -0.39 is 22.9 Å². The number of amides is 1. The van der Waals surface area contributed by atoms with Gasteiger partial charge in [0.15, 0.2) is 11.0 Å². The summed E-state index contributed by atoms with van der Waals surface area (Å²) in [6.45, 7) is 4.28. The fourth-order valence-electron chi connectivity index (χ4n) is 3.74. The highest BCUT2D eigenvalue weighted by molar-refractivity contribution is 8.00. The number of alkyl halides is 3. The topological polar surface area (TPSA) is 63.1 Å². The summed E-state index contributed by atoms with van der Waals surface area (Å²) in [6, 6.07) is 14.6. The van der Waals surface area contributed by atoms with E-state index in [0.29, 0.717) is 11.7 Å². The van der Waals surface area contributed by atoms with E-state index in [0.717, 1.165) is 55.3 Å². The first kappa shape index (κ1) is 23.3. The predicted octanol–water partition coefficient (Wildman–Crippen LogP) is 5.00. The van der Waals surface area contributed by atoms with Gasteiger partial charge in [-0.25, -0.2) is 0 Å². The quantitative estimate of drug-likeness (QED) is 0.487. The number of para-hydroxylation sites is 2. The monoisotopic (exact) mass is 475 g/mol. The number of nitrogens with one attached hydrogen (secondary N) is 1. The molecule has 1 N–H and O–H groups in total. The number of hydrogen-bond acceptors (Lipinski definition) is 5. The molecule has 1 aliphatic rings. The molecule has 0 spiro atoms. The van der Waals surface area contributed by atoms with Gasteiger partial charge in [0, 0.05) is 5.69 Å². The van der Waals surface area contributed by atoms with Gasteiger partial charge in [-0.2, -0.15) is 13.2 Å². The lowest BCUT2D eigenvalue weighted by Gasteiger charge is -2.18. The lowest BCUT2D eigenvalue weighted by molar-refractivity contribution is -0.137. The van der Waals surface area contributed by atoms with Crippen molar-refractivity contribution < 1.29 is 18.0 Å². The van der Waals surface area contributed by atoms with Crippen LogP contribution >= 0.6 is 11.8 Å². The molecule has 6 nitrogen and oxygen atoms in total. The van der Waals surface area contributed by atoms with Crippen molar-refractivity contribution in [1.29, 1.82) is 0 Å². The average molecular weight is 476 g/mol. The van der Waals surface area contributed by atoms with Crippen LogP contribution < -0.4 is 5.32 Å². The first-order chi connectivity index (χ1) is 15.8. The van der Waals surface area contributed by atoms with Gasteiger partial charge in [-0.05, 0) is 57.1 Å². The smallest absolute Gasteiger partial charge is 0.325 e. The molecular formula is C23H24F3N5OS. The van der Waals surface area contributed by atoms with Gasteiger partial charge >= 0.3 is 6.18 Å². The first-order valence-corrected chi connectivity index (χ1v) is 11.6. The molecular weight excluding hydrogens is 451 g/mol. The highest BCUT2D eigenvalue weighted by Crippen LogP contribution is 2.35. The van der Waals surface area contributed by atoms with E-state index in [1.54, 1.807) is 6.92 Å². The third kappa shape index (κ3) is 5.56. The Morgan fingerprint density at radius 1 is 1.06 bits per heavy atom. The molecule has 1 aliphatic heterocycles. The lowest BCUT2D eigenvalue weighted by atomic mass is 10.1. The Morgan fingerprint density at radius 2 is 1.73 bits per heavy atom. The molecule has 3 aromatic rings. The van der Waals surface area contributed by atoms with Crippen molar-refractivity contribution in [2.45, 2.75) is 42.9 Å². The van der Waals surface area contributed by atoms with Crippen molar-refractivity contribution in [2.24, 2.45) is 0 Å². The second-order valence-electron chi connectivity index (χ2n) is 7.85. The van der Waals surface area contributed by atoms with Crippen LogP contribution in [0.25, 0.3) is 5.69 Å². The number of halogens is 3. The Balaban J connectivity index is 1.55. The number of carbonyl (C=O) groups excluding carboxylic acids is 1. The minimum Gasteiger partial charge on any atom is -0.325 e. The van der Waals surface area contributed by atoms with Gasteiger partial charge in [-0.15, -0.1) is 10.2 Å². The van der Waals surface area contributed by atoms with E-state index in [1.807, 2.05) is 34.9 Å². The minimum atomic E-state index is -4.56. The van der Waals surface area contributed by atoms with Crippen LogP contribution in [0.4, 0.5) is 18.9 Å². The van der Waals surface area contributed by atoms with Crippen LogP contribution in [0.15, 0.2) is 59.8 Å². The number of thioether (sulfide) groups is 1. The number of aromatic nitrogens is 3. The summed E-state index contributed by atoms with van der Waals surface area (Å²) in [5, 5.41) is 10.9. The van der Waals surface area contributed by atoms with Crippen molar-refractivity contribution >= 4 is 23.4 Å². The molecule has 174 valence electrons. The van der Waals surface area contributed by atoms with E-state index >= 15 is 0 Å². The number of benzene rings is 2. The van der Waals surface area contributed by atoms with Gasteiger partial charge in [0.05, 0.1) is 23.0 Å². The third-order valence-electron chi connectivity index (χ3n) is 5.42. The number of hydrogen-bond donors (Lipinski definition) is 1. The lowest BCUT2D eigenvalue weighted by Crippen LogP contribution is -2.25. The summed E-state index contributed by atoms with van der Waals surface area (Å²) < 4.78 is 41.7. The van der Waals surface area contributed by atoms with Crippen LogP contribution in [0.3, 0.4) is 0 Å². The molecule has 1 unspecified atom stereocenters. The molecule has 0 radical (unpaired) electrons. The Hall–Kier alpha value is -2.85. The zero-order valence-corrected chi connectivity index (χ0v) is 18.9. The zero-order valence-electron chi connectivity index (χ0n) is 18.0. The molecule has 1 saturated heterocycles. The minimum absolute atomic E-state index is 0.262. The molecule has 2 heterocycles. The van der Waals surface area contributed by atoms with E-state index in [4.69, 9.17) is 0 Å². The van der Waals surface area contributed by atoms with E-state index in [-0.39, 0.29) is 5.69 Å². The molecule has 0 aliphatic carbocycles. The molecule has 1 amide bonds. The van der Waals surface area contributed by atoms with Crippen molar-refractivity contribution in [1.82, 2.24) is 19.7 Å². The Labute approximate surface area is 194 Å². The molecule has 10 heteroatoms.